The second-order valence-corrected chi connectivity index (χ2v) is 6.08. The number of rotatable bonds is 5. The van der Waals surface area contributed by atoms with Gasteiger partial charge in [-0.2, -0.15) is 13.2 Å². The van der Waals surface area contributed by atoms with Crippen molar-refractivity contribution >= 4 is 11.8 Å². The van der Waals surface area contributed by atoms with Crippen molar-refractivity contribution in [2.24, 2.45) is 5.73 Å². The van der Waals surface area contributed by atoms with Crippen LogP contribution in [-0.4, -0.2) is 17.9 Å². The van der Waals surface area contributed by atoms with Gasteiger partial charge in [0.1, 0.15) is 6.04 Å². The molecule has 2 amide bonds. The number of hydrogen-bond acceptors (Lipinski definition) is 2. The number of hydrogen-bond donors (Lipinski definition) is 2. The summed E-state index contributed by atoms with van der Waals surface area (Å²) in [6.07, 6.45) is -4.27. The van der Waals surface area contributed by atoms with Gasteiger partial charge in [-0.05, 0) is 54.8 Å². The summed E-state index contributed by atoms with van der Waals surface area (Å²) in [6, 6.07) is 8.46. The summed E-state index contributed by atoms with van der Waals surface area (Å²) in [5.74, 6) is -1.37. The molecule has 26 heavy (non-hydrogen) atoms. The maximum absolute atomic E-state index is 12.6. The fraction of sp³-hybridized carbons (Fsp3) is 0.263. The lowest BCUT2D eigenvalue weighted by molar-refractivity contribution is -0.137. The lowest BCUT2D eigenvalue weighted by Gasteiger charge is -2.18. The van der Waals surface area contributed by atoms with Gasteiger partial charge in [-0.1, -0.05) is 18.2 Å². The zero-order valence-corrected chi connectivity index (χ0v) is 14.4. The SMILES string of the molecule is Cc1cccc(C)c1C[C@H](NC(=O)c1ccc(C(F)(F)F)cc1)C(N)=O. The van der Waals surface area contributed by atoms with Crippen LogP contribution in [0.4, 0.5) is 13.2 Å². The monoisotopic (exact) mass is 364 g/mol. The largest absolute Gasteiger partial charge is 0.416 e. The van der Waals surface area contributed by atoms with Crippen LogP contribution in [-0.2, 0) is 17.4 Å². The first-order valence-corrected chi connectivity index (χ1v) is 7.92. The Morgan fingerprint density at radius 2 is 1.58 bits per heavy atom. The van der Waals surface area contributed by atoms with Crippen LogP contribution in [0.2, 0.25) is 0 Å². The molecule has 0 heterocycles. The van der Waals surface area contributed by atoms with Crippen molar-refractivity contribution in [3.8, 4) is 0 Å². The number of amides is 2. The molecule has 0 fully saturated rings. The highest BCUT2D eigenvalue weighted by atomic mass is 19.4. The molecule has 138 valence electrons. The number of aryl methyl sites for hydroxylation is 2. The van der Waals surface area contributed by atoms with Crippen LogP contribution >= 0.6 is 0 Å². The summed E-state index contributed by atoms with van der Waals surface area (Å²) in [5, 5.41) is 2.50. The number of halogens is 3. The van der Waals surface area contributed by atoms with Gasteiger partial charge >= 0.3 is 6.18 Å². The summed E-state index contributed by atoms with van der Waals surface area (Å²) >= 11 is 0. The Morgan fingerprint density at radius 1 is 1.04 bits per heavy atom. The first kappa shape index (κ1) is 19.5. The van der Waals surface area contributed by atoms with E-state index in [2.05, 4.69) is 5.32 Å². The quantitative estimate of drug-likeness (QED) is 0.856. The molecule has 0 saturated carbocycles. The first-order chi connectivity index (χ1) is 12.1. The van der Waals surface area contributed by atoms with E-state index in [-0.39, 0.29) is 12.0 Å². The van der Waals surface area contributed by atoms with Gasteiger partial charge in [0.05, 0.1) is 5.56 Å². The van der Waals surface area contributed by atoms with E-state index in [1.807, 2.05) is 32.0 Å². The highest BCUT2D eigenvalue weighted by Gasteiger charge is 2.30. The van der Waals surface area contributed by atoms with E-state index < -0.39 is 29.6 Å². The average molecular weight is 364 g/mol. The smallest absolute Gasteiger partial charge is 0.368 e. The van der Waals surface area contributed by atoms with Crippen molar-refractivity contribution in [1.29, 1.82) is 0 Å². The lowest BCUT2D eigenvalue weighted by Crippen LogP contribution is -2.46. The Balaban J connectivity index is 2.17. The average Bonchev–Trinajstić information content (AvgIpc) is 2.56. The maximum Gasteiger partial charge on any atom is 0.416 e. The Bertz CT molecular complexity index is 794. The molecule has 0 bridgehead atoms. The minimum Gasteiger partial charge on any atom is -0.368 e. The molecule has 7 heteroatoms. The number of carbonyl (C=O) groups excluding carboxylic acids is 2. The molecule has 0 unspecified atom stereocenters. The third kappa shape index (κ3) is 4.62. The van der Waals surface area contributed by atoms with Crippen molar-refractivity contribution < 1.29 is 22.8 Å². The molecule has 0 saturated heterocycles. The van der Waals surface area contributed by atoms with Crippen LogP contribution in [0.3, 0.4) is 0 Å². The van der Waals surface area contributed by atoms with Gasteiger partial charge in [-0.25, -0.2) is 0 Å². The molecule has 4 nitrogen and oxygen atoms in total. The van der Waals surface area contributed by atoms with Gasteiger partial charge in [-0.3, -0.25) is 9.59 Å². The van der Waals surface area contributed by atoms with Gasteiger partial charge in [0.15, 0.2) is 0 Å². The number of carbonyl (C=O) groups is 2. The first-order valence-electron chi connectivity index (χ1n) is 7.92. The number of nitrogens with one attached hydrogen (secondary N) is 1. The van der Waals surface area contributed by atoms with Crippen LogP contribution in [0.25, 0.3) is 0 Å². The second-order valence-electron chi connectivity index (χ2n) is 6.08. The third-order valence-electron chi connectivity index (χ3n) is 4.18. The summed E-state index contributed by atoms with van der Waals surface area (Å²) in [4.78, 5) is 24.0. The minimum absolute atomic E-state index is 0.0192. The fourth-order valence-electron chi connectivity index (χ4n) is 2.65. The van der Waals surface area contributed by atoms with Crippen molar-refractivity contribution in [2.75, 3.05) is 0 Å². The Hall–Kier alpha value is -2.83. The van der Waals surface area contributed by atoms with Gasteiger partial charge in [0.2, 0.25) is 5.91 Å². The van der Waals surface area contributed by atoms with E-state index in [0.29, 0.717) is 0 Å². The topological polar surface area (TPSA) is 72.2 Å². The molecule has 1 atom stereocenters. The lowest BCUT2D eigenvalue weighted by atomic mass is 9.96. The zero-order chi connectivity index (χ0) is 19.5. The molecule has 2 rings (SSSR count). The van der Waals surface area contributed by atoms with Crippen LogP contribution in [0.1, 0.15) is 32.6 Å². The molecular weight excluding hydrogens is 345 g/mol. The van der Waals surface area contributed by atoms with E-state index in [0.717, 1.165) is 41.0 Å². The van der Waals surface area contributed by atoms with Crippen molar-refractivity contribution in [2.45, 2.75) is 32.5 Å². The van der Waals surface area contributed by atoms with E-state index in [1.165, 1.54) is 0 Å². The second kappa shape index (κ2) is 7.59. The predicted molar refractivity (Wildman–Crippen MR) is 91.5 cm³/mol. The van der Waals surface area contributed by atoms with E-state index in [9.17, 15) is 22.8 Å². The predicted octanol–water partition coefficient (Wildman–Crippen LogP) is 3.15. The molecule has 0 radical (unpaired) electrons. The van der Waals surface area contributed by atoms with E-state index >= 15 is 0 Å². The van der Waals surface area contributed by atoms with Crippen molar-refractivity contribution in [3.63, 3.8) is 0 Å². The molecule has 0 aliphatic rings. The molecule has 3 N–H and O–H groups in total. The third-order valence-corrected chi connectivity index (χ3v) is 4.18. The van der Waals surface area contributed by atoms with Crippen LogP contribution in [0.15, 0.2) is 42.5 Å². The summed E-state index contributed by atoms with van der Waals surface area (Å²) in [6.45, 7) is 3.77. The Labute approximate surface area is 149 Å². The fourth-order valence-corrected chi connectivity index (χ4v) is 2.65. The molecule has 2 aromatic rings. The molecular formula is C19H19F3N2O2. The van der Waals surface area contributed by atoms with Gasteiger partial charge in [0.25, 0.3) is 5.91 Å². The molecule has 0 aliphatic heterocycles. The molecule has 0 aliphatic carbocycles. The summed E-state index contributed by atoms with van der Waals surface area (Å²) in [7, 11) is 0. The van der Waals surface area contributed by atoms with Crippen LogP contribution in [0.5, 0.6) is 0 Å². The van der Waals surface area contributed by atoms with Gasteiger partial charge in [-0.15, -0.1) is 0 Å². The van der Waals surface area contributed by atoms with Gasteiger partial charge in [0, 0.05) is 12.0 Å². The highest BCUT2D eigenvalue weighted by Crippen LogP contribution is 2.29. The van der Waals surface area contributed by atoms with Gasteiger partial charge < -0.3 is 11.1 Å². The molecule has 2 aromatic carbocycles. The highest BCUT2D eigenvalue weighted by molar-refractivity contribution is 5.97. The van der Waals surface area contributed by atoms with Crippen molar-refractivity contribution in [3.05, 3.63) is 70.3 Å². The normalized spacial score (nSPS) is 12.5. The standard InChI is InChI=1S/C19H19F3N2O2/c1-11-4-3-5-12(2)15(11)10-16(17(23)25)24-18(26)13-6-8-14(9-7-13)19(20,21)22/h3-9,16H,10H2,1-2H3,(H2,23,25)(H,24,26)/t16-/m0/s1. The van der Waals surface area contributed by atoms with E-state index in [1.54, 1.807) is 0 Å². The molecule has 0 aromatic heterocycles. The Kier molecular flexibility index (Phi) is 5.69. The number of primary amides is 1. The summed E-state index contributed by atoms with van der Waals surface area (Å²) < 4.78 is 37.8. The number of nitrogens with two attached hydrogens (primary N) is 1. The number of alkyl halides is 3. The van der Waals surface area contributed by atoms with E-state index in [4.69, 9.17) is 5.73 Å². The number of benzene rings is 2. The summed E-state index contributed by atoms with van der Waals surface area (Å²) in [5.41, 5.74) is 7.37. The zero-order valence-electron chi connectivity index (χ0n) is 14.4. The molecule has 0 spiro atoms. The van der Waals surface area contributed by atoms with Crippen LogP contribution in [0, 0.1) is 13.8 Å². The maximum atomic E-state index is 12.6. The minimum atomic E-state index is -4.48. The Morgan fingerprint density at radius 3 is 2.04 bits per heavy atom. The van der Waals surface area contributed by atoms with Crippen molar-refractivity contribution in [1.82, 2.24) is 5.32 Å². The van der Waals surface area contributed by atoms with Crippen LogP contribution < -0.4 is 11.1 Å².